The van der Waals surface area contributed by atoms with Crippen molar-refractivity contribution in [2.45, 2.75) is 31.8 Å². The van der Waals surface area contributed by atoms with E-state index in [9.17, 15) is 5.11 Å². The summed E-state index contributed by atoms with van der Waals surface area (Å²) in [7, 11) is 1.91. The third kappa shape index (κ3) is 2.53. The molecule has 5 rings (SSSR count). The third-order valence-corrected chi connectivity index (χ3v) is 5.94. The summed E-state index contributed by atoms with van der Waals surface area (Å²) in [6, 6.07) is 6.41. The van der Waals surface area contributed by atoms with Gasteiger partial charge in [0.1, 0.15) is 4.83 Å². The molecule has 6 heteroatoms. The number of aliphatic hydroxyl groups excluding tert-OH is 1. The first-order valence-electron chi connectivity index (χ1n) is 8.51. The predicted octanol–water partition coefficient (Wildman–Crippen LogP) is 4.18. The fourth-order valence-electron chi connectivity index (χ4n) is 3.26. The van der Waals surface area contributed by atoms with Crippen molar-refractivity contribution < 1.29 is 5.11 Å². The van der Waals surface area contributed by atoms with Crippen LogP contribution in [0.2, 0.25) is 0 Å². The Kier molecular flexibility index (Phi) is 3.20. The topological polar surface area (TPSA) is 63.8 Å². The lowest BCUT2D eigenvalue weighted by atomic mass is 10.0. The van der Waals surface area contributed by atoms with Crippen molar-refractivity contribution >= 4 is 32.6 Å². The standard InChI is InChI=1S/C19H18N4OS/c1-10(24)17-7-15-14(6-16(11-3-4-11)21-19(15)25-17)12-5-13-9-23(2)22-18(13)20-8-12/h5-11,24H,3-4H2,1-2H3/t10-/m1/s1. The highest BCUT2D eigenvalue weighted by Crippen LogP contribution is 2.43. The second-order valence-corrected chi connectivity index (χ2v) is 7.91. The molecule has 1 atom stereocenters. The smallest absolute Gasteiger partial charge is 0.181 e. The highest BCUT2D eigenvalue weighted by molar-refractivity contribution is 7.18. The van der Waals surface area contributed by atoms with Gasteiger partial charge in [0.05, 0.1) is 6.10 Å². The maximum Gasteiger partial charge on any atom is 0.181 e. The number of aliphatic hydroxyl groups is 1. The molecule has 0 aliphatic heterocycles. The first-order chi connectivity index (χ1) is 12.1. The molecule has 0 aromatic carbocycles. The Balaban J connectivity index is 1.76. The molecule has 0 radical (unpaired) electrons. The van der Waals surface area contributed by atoms with Crippen LogP contribution in [0.15, 0.2) is 30.6 Å². The van der Waals surface area contributed by atoms with Crippen LogP contribution in [0, 0.1) is 0 Å². The van der Waals surface area contributed by atoms with Crippen molar-refractivity contribution in [3.8, 4) is 11.1 Å². The minimum absolute atomic E-state index is 0.477. The Morgan fingerprint density at radius 3 is 2.88 bits per heavy atom. The molecular weight excluding hydrogens is 332 g/mol. The first kappa shape index (κ1) is 15.0. The van der Waals surface area contributed by atoms with Crippen LogP contribution in [0.1, 0.15) is 42.4 Å². The Morgan fingerprint density at radius 1 is 1.28 bits per heavy atom. The van der Waals surface area contributed by atoms with Gasteiger partial charge in [-0.3, -0.25) is 4.68 Å². The first-order valence-corrected chi connectivity index (χ1v) is 9.32. The van der Waals surface area contributed by atoms with E-state index in [2.05, 4.69) is 28.3 Å². The zero-order valence-corrected chi connectivity index (χ0v) is 14.9. The molecular formula is C19H18N4OS. The fraction of sp³-hybridized carbons (Fsp3) is 0.316. The van der Waals surface area contributed by atoms with Crippen molar-refractivity contribution in [1.82, 2.24) is 19.7 Å². The fourth-order valence-corrected chi connectivity index (χ4v) is 4.26. The quantitative estimate of drug-likeness (QED) is 0.602. The van der Waals surface area contributed by atoms with Crippen LogP contribution < -0.4 is 0 Å². The normalized spacial score (nSPS) is 16.0. The third-order valence-electron chi connectivity index (χ3n) is 4.74. The van der Waals surface area contributed by atoms with Gasteiger partial charge in [-0.25, -0.2) is 9.97 Å². The molecule has 0 bridgehead atoms. The molecule has 4 aromatic rings. The molecule has 5 nitrogen and oxygen atoms in total. The van der Waals surface area contributed by atoms with E-state index in [1.165, 1.54) is 12.8 Å². The number of aromatic nitrogens is 4. The SMILES string of the molecule is C[C@@H](O)c1cc2c(-c3cnc4nn(C)cc4c3)cc(C3CC3)nc2s1. The number of fused-ring (bicyclic) bond motifs is 2. The summed E-state index contributed by atoms with van der Waals surface area (Å²) in [6.45, 7) is 1.80. The maximum absolute atomic E-state index is 9.98. The zero-order valence-electron chi connectivity index (χ0n) is 14.1. The zero-order chi connectivity index (χ0) is 17.1. The summed E-state index contributed by atoms with van der Waals surface area (Å²) in [4.78, 5) is 11.3. The van der Waals surface area contributed by atoms with Crippen LogP contribution in [0.5, 0.6) is 0 Å². The maximum atomic E-state index is 9.98. The van der Waals surface area contributed by atoms with E-state index >= 15 is 0 Å². The van der Waals surface area contributed by atoms with Gasteiger partial charge >= 0.3 is 0 Å². The van der Waals surface area contributed by atoms with Crippen molar-refractivity contribution in [3.63, 3.8) is 0 Å². The van der Waals surface area contributed by atoms with E-state index < -0.39 is 6.10 Å². The molecule has 0 unspecified atom stereocenters. The van der Waals surface area contributed by atoms with Gasteiger partial charge in [0, 0.05) is 52.3 Å². The number of hydrogen-bond acceptors (Lipinski definition) is 5. The molecule has 126 valence electrons. The van der Waals surface area contributed by atoms with Crippen LogP contribution >= 0.6 is 11.3 Å². The average Bonchev–Trinajstić information content (AvgIpc) is 3.23. The van der Waals surface area contributed by atoms with E-state index in [-0.39, 0.29) is 0 Å². The van der Waals surface area contributed by atoms with E-state index in [0.717, 1.165) is 42.9 Å². The number of aryl methyl sites for hydroxylation is 1. The summed E-state index contributed by atoms with van der Waals surface area (Å²) < 4.78 is 1.79. The van der Waals surface area contributed by atoms with Gasteiger partial charge in [-0.2, -0.15) is 5.10 Å². The van der Waals surface area contributed by atoms with Crippen molar-refractivity contribution in [3.05, 3.63) is 41.2 Å². The Morgan fingerprint density at radius 2 is 2.12 bits per heavy atom. The number of pyridine rings is 2. The highest BCUT2D eigenvalue weighted by atomic mass is 32.1. The summed E-state index contributed by atoms with van der Waals surface area (Å²) in [5.74, 6) is 0.579. The van der Waals surface area contributed by atoms with Crippen LogP contribution in [0.4, 0.5) is 0 Å². The van der Waals surface area contributed by atoms with Gasteiger partial charge in [-0.15, -0.1) is 11.3 Å². The molecule has 1 fully saturated rings. The van der Waals surface area contributed by atoms with E-state index in [4.69, 9.17) is 4.98 Å². The lowest BCUT2D eigenvalue weighted by Gasteiger charge is -2.06. The van der Waals surface area contributed by atoms with Crippen LogP contribution in [0.3, 0.4) is 0 Å². The summed E-state index contributed by atoms with van der Waals surface area (Å²) in [6.07, 6.45) is 5.83. The van der Waals surface area contributed by atoms with Gasteiger partial charge < -0.3 is 5.11 Å². The van der Waals surface area contributed by atoms with E-state index in [1.807, 2.05) is 19.4 Å². The summed E-state index contributed by atoms with van der Waals surface area (Å²) in [5, 5.41) is 16.5. The Hall–Kier alpha value is -2.31. The average molecular weight is 350 g/mol. The van der Waals surface area contributed by atoms with Gasteiger partial charge in [0.15, 0.2) is 5.65 Å². The largest absolute Gasteiger partial charge is 0.388 e. The molecule has 1 aliphatic carbocycles. The van der Waals surface area contributed by atoms with Gasteiger partial charge in [-0.1, -0.05) is 0 Å². The molecule has 4 heterocycles. The Bertz CT molecular complexity index is 1110. The number of rotatable bonds is 3. The van der Waals surface area contributed by atoms with Crippen molar-refractivity contribution in [1.29, 1.82) is 0 Å². The van der Waals surface area contributed by atoms with E-state index in [0.29, 0.717) is 5.92 Å². The lowest BCUT2D eigenvalue weighted by Crippen LogP contribution is -1.90. The summed E-state index contributed by atoms with van der Waals surface area (Å²) >= 11 is 1.58. The van der Waals surface area contributed by atoms with Gasteiger partial charge in [0.2, 0.25) is 0 Å². The van der Waals surface area contributed by atoms with E-state index in [1.54, 1.807) is 22.9 Å². The molecule has 0 saturated heterocycles. The molecule has 25 heavy (non-hydrogen) atoms. The van der Waals surface area contributed by atoms with Crippen LogP contribution in [-0.4, -0.2) is 24.9 Å². The van der Waals surface area contributed by atoms with Gasteiger partial charge in [-0.05, 0) is 43.5 Å². The monoisotopic (exact) mass is 350 g/mol. The Labute approximate surface area is 149 Å². The molecule has 1 N–H and O–H groups in total. The molecule has 1 aliphatic rings. The number of thiophene rings is 1. The van der Waals surface area contributed by atoms with Gasteiger partial charge in [0.25, 0.3) is 0 Å². The number of hydrogen-bond donors (Lipinski definition) is 1. The predicted molar refractivity (Wildman–Crippen MR) is 99.7 cm³/mol. The van der Waals surface area contributed by atoms with Crippen LogP contribution in [-0.2, 0) is 7.05 Å². The second-order valence-electron chi connectivity index (χ2n) is 6.85. The minimum atomic E-state index is -0.477. The van der Waals surface area contributed by atoms with Crippen molar-refractivity contribution in [2.24, 2.45) is 7.05 Å². The molecule has 0 spiro atoms. The molecule has 1 saturated carbocycles. The number of nitrogens with zero attached hydrogens (tertiary/aromatic N) is 4. The molecule has 0 amide bonds. The minimum Gasteiger partial charge on any atom is -0.388 e. The van der Waals surface area contributed by atoms with Crippen molar-refractivity contribution in [2.75, 3.05) is 0 Å². The molecule has 4 aromatic heterocycles. The van der Waals surface area contributed by atoms with Crippen LogP contribution in [0.25, 0.3) is 32.4 Å². The lowest BCUT2D eigenvalue weighted by molar-refractivity contribution is 0.203. The highest BCUT2D eigenvalue weighted by Gasteiger charge is 2.27. The summed E-state index contributed by atoms with van der Waals surface area (Å²) in [5.41, 5.74) is 4.14. The second kappa shape index (κ2) is 5.34.